The summed E-state index contributed by atoms with van der Waals surface area (Å²) in [4.78, 5) is 0. The lowest BCUT2D eigenvalue weighted by atomic mass is 10.2. The Morgan fingerprint density at radius 1 is 1.47 bits per heavy atom. The normalized spacial score (nSPS) is 10.5. The second kappa shape index (κ2) is 5.16. The van der Waals surface area contributed by atoms with Gasteiger partial charge in [-0.05, 0) is 17.7 Å². The van der Waals surface area contributed by atoms with Crippen molar-refractivity contribution < 1.29 is 5.11 Å². The molecular formula is C11H13ClN4O. The molecule has 6 heteroatoms. The predicted octanol–water partition coefficient (Wildman–Crippen LogP) is 1.57. The van der Waals surface area contributed by atoms with Gasteiger partial charge in [0, 0.05) is 7.05 Å². The maximum Gasteiger partial charge on any atom is 0.0774 e. The van der Waals surface area contributed by atoms with Crippen LogP contribution in [-0.2, 0) is 20.2 Å². The van der Waals surface area contributed by atoms with E-state index in [-0.39, 0.29) is 6.61 Å². The Balaban J connectivity index is 2.11. The minimum absolute atomic E-state index is 0.000878. The molecule has 90 valence electrons. The summed E-state index contributed by atoms with van der Waals surface area (Å²) in [5.41, 5.74) is 2.56. The van der Waals surface area contributed by atoms with E-state index in [1.165, 1.54) is 0 Å². The van der Waals surface area contributed by atoms with Gasteiger partial charge in [0.2, 0.25) is 0 Å². The van der Waals surface area contributed by atoms with Crippen LogP contribution in [0.4, 0.5) is 5.69 Å². The van der Waals surface area contributed by atoms with Gasteiger partial charge in [-0.3, -0.25) is 4.68 Å². The molecule has 0 aliphatic rings. The van der Waals surface area contributed by atoms with E-state index >= 15 is 0 Å². The Bertz CT molecular complexity index is 512. The zero-order chi connectivity index (χ0) is 12.3. The van der Waals surface area contributed by atoms with E-state index in [0.717, 1.165) is 16.9 Å². The van der Waals surface area contributed by atoms with Crippen LogP contribution in [0.3, 0.4) is 0 Å². The average Bonchev–Trinajstić information content (AvgIpc) is 2.74. The highest BCUT2D eigenvalue weighted by molar-refractivity contribution is 6.33. The molecule has 0 saturated carbocycles. The lowest BCUT2D eigenvalue weighted by Gasteiger charge is -2.09. The Hall–Kier alpha value is -1.59. The number of aromatic nitrogens is 3. The Morgan fingerprint density at radius 3 is 2.94 bits per heavy atom. The van der Waals surface area contributed by atoms with Crippen LogP contribution >= 0.6 is 11.6 Å². The molecule has 2 N–H and O–H groups in total. The van der Waals surface area contributed by atoms with Crippen molar-refractivity contribution in [3.05, 3.63) is 40.7 Å². The fourth-order valence-corrected chi connectivity index (χ4v) is 1.65. The molecule has 5 nitrogen and oxygen atoms in total. The van der Waals surface area contributed by atoms with Crippen LogP contribution in [0, 0.1) is 0 Å². The second-order valence-electron chi connectivity index (χ2n) is 3.67. The number of aryl methyl sites for hydroxylation is 1. The molecule has 1 aromatic carbocycles. The van der Waals surface area contributed by atoms with Crippen LogP contribution in [0.15, 0.2) is 24.4 Å². The van der Waals surface area contributed by atoms with Crippen LogP contribution in [0.5, 0.6) is 0 Å². The molecule has 1 heterocycles. The number of hydrogen-bond acceptors (Lipinski definition) is 4. The van der Waals surface area contributed by atoms with Gasteiger partial charge in [0.1, 0.15) is 0 Å². The summed E-state index contributed by atoms with van der Waals surface area (Å²) in [7, 11) is 1.83. The summed E-state index contributed by atoms with van der Waals surface area (Å²) in [6.45, 7) is 0.581. The largest absolute Gasteiger partial charge is 0.392 e. The standard InChI is InChI=1S/C11H13ClN4O/c1-16-9(6-14-15-16)5-13-11-4-8(7-17)2-3-10(11)12/h2-4,6,13,17H,5,7H2,1H3. The lowest BCUT2D eigenvalue weighted by molar-refractivity contribution is 0.282. The SMILES string of the molecule is Cn1nncc1CNc1cc(CO)ccc1Cl. The zero-order valence-corrected chi connectivity index (χ0v) is 10.1. The van der Waals surface area contributed by atoms with Crippen LogP contribution in [-0.4, -0.2) is 20.1 Å². The average molecular weight is 253 g/mol. The Morgan fingerprint density at radius 2 is 2.29 bits per heavy atom. The van der Waals surface area contributed by atoms with E-state index in [1.807, 2.05) is 13.1 Å². The van der Waals surface area contributed by atoms with Gasteiger partial charge in [-0.25, -0.2) is 0 Å². The maximum absolute atomic E-state index is 9.05. The number of nitrogens with one attached hydrogen (secondary N) is 1. The fourth-order valence-electron chi connectivity index (χ4n) is 1.46. The highest BCUT2D eigenvalue weighted by atomic mass is 35.5. The van der Waals surface area contributed by atoms with E-state index in [2.05, 4.69) is 15.6 Å². The monoisotopic (exact) mass is 252 g/mol. The van der Waals surface area contributed by atoms with Crippen molar-refractivity contribution in [2.24, 2.45) is 7.05 Å². The molecule has 1 aromatic heterocycles. The minimum Gasteiger partial charge on any atom is -0.392 e. The van der Waals surface area contributed by atoms with Crippen LogP contribution < -0.4 is 5.32 Å². The first-order chi connectivity index (χ1) is 8.20. The van der Waals surface area contributed by atoms with Crippen molar-refractivity contribution in [1.29, 1.82) is 0 Å². The van der Waals surface area contributed by atoms with Crippen molar-refractivity contribution in [2.45, 2.75) is 13.2 Å². The quantitative estimate of drug-likeness (QED) is 0.867. The molecule has 0 atom stereocenters. The first-order valence-corrected chi connectivity index (χ1v) is 5.55. The molecule has 0 amide bonds. The number of hydrogen-bond donors (Lipinski definition) is 2. The van der Waals surface area contributed by atoms with Gasteiger partial charge >= 0.3 is 0 Å². The molecule has 2 aromatic rings. The van der Waals surface area contributed by atoms with Crippen molar-refractivity contribution in [3.63, 3.8) is 0 Å². The summed E-state index contributed by atoms with van der Waals surface area (Å²) in [6.07, 6.45) is 1.69. The Kier molecular flexibility index (Phi) is 3.61. The van der Waals surface area contributed by atoms with E-state index in [1.54, 1.807) is 23.0 Å². The number of anilines is 1. The van der Waals surface area contributed by atoms with Gasteiger partial charge in [0.25, 0.3) is 0 Å². The van der Waals surface area contributed by atoms with Gasteiger partial charge in [0.15, 0.2) is 0 Å². The molecule has 0 unspecified atom stereocenters. The third kappa shape index (κ3) is 2.75. The number of halogens is 1. The molecule has 0 aliphatic heterocycles. The Labute approximate surface area is 104 Å². The molecule has 0 saturated heterocycles. The first kappa shape index (κ1) is 11.9. The van der Waals surface area contributed by atoms with E-state index in [0.29, 0.717) is 11.6 Å². The van der Waals surface area contributed by atoms with Crippen molar-refractivity contribution in [3.8, 4) is 0 Å². The molecule has 17 heavy (non-hydrogen) atoms. The van der Waals surface area contributed by atoms with Gasteiger partial charge in [-0.15, -0.1) is 5.10 Å². The highest BCUT2D eigenvalue weighted by Gasteiger charge is 2.04. The summed E-state index contributed by atoms with van der Waals surface area (Å²) in [6, 6.07) is 5.38. The lowest BCUT2D eigenvalue weighted by Crippen LogP contribution is -2.06. The predicted molar refractivity (Wildman–Crippen MR) is 65.7 cm³/mol. The number of rotatable bonds is 4. The summed E-state index contributed by atoms with van der Waals surface area (Å²) >= 11 is 6.05. The van der Waals surface area contributed by atoms with Gasteiger partial charge in [0.05, 0.1) is 35.8 Å². The topological polar surface area (TPSA) is 63.0 Å². The highest BCUT2D eigenvalue weighted by Crippen LogP contribution is 2.23. The molecule has 0 fully saturated rings. The van der Waals surface area contributed by atoms with Crippen molar-refractivity contribution >= 4 is 17.3 Å². The van der Waals surface area contributed by atoms with Crippen LogP contribution in [0.25, 0.3) is 0 Å². The summed E-state index contributed by atoms with van der Waals surface area (Å²) < 4.78 is 1.69. The van der Waals surface area contributed by atoms with Crippen LogP contribution in [0.1, 0.15) is 11.3 Å². The first-order valence-electron chi connectivity index (χ1n) is 5.17. The molecule has 2 rings (SSSR count). The van der Waals surface area contributed by atoms with E-state index in [4.69, 9.17) is 16.7 Å². The third-order valence-corrected chi connectivity index (χ3v) is 2.81. The fraction of sp³-hybridized carbons (Fsp3) is 0.273. The zero-order valence-electron chi connectivity index (χ0n) is 9.39. The van der Waals surface area contributed by atoms with Crippen LogP contribution in [0.2, 0.25) is 5.02 Å². The van der Waals surface area contributed by atoms with Gasteiger partial charge < -0.3 is 10.4 Å². The van der Waals surface area contributed by atoms with E-state index in [9.17, 15) is 0 Å². The smallest absolute Gasteiger partial charge is 0.0774 e. The van der Waals surface area contributed by atoms with Gasteiger partial charge in [-0.2, -0.15) is 0 Å². The molecular weight excluding hydrogens is 240 g/mol. The molecule has 0 aliphatic carbocycles. The number of benzene rings is 1. The van der Waals surface area contributed by atoms with Crippen molar-refractivity contribution in [1.82, 2.24) is 15.0 Å². The number of nitrogens with zero attached hydrogens (tertiary/aromatic N) is 3. The maximum atomic E-state index is 9.05. The summed E-state index contributed by atoms with van der Waals surface area (Å²) in [5, 5.41) is 20.5. The van der Waals surface area contributed by atoms with E-state index < -0.39 is 0 Å². The van der Waals surface area contributed by atoms with Gasteiger partial charge in [-0.1, -0.05) is 22.9 Å². The third-order valence-electron chi connectivity index (χ3n) is 2.48. The minimum atomic E-state index is -0.000878. The van der Waals surface area contributed by atoms with Crippen molar-refractivity contribution in [2.75, 3.05) is 5.32 Å². The molecule has 0 radical (unpaired) electrons. The molecule has 0 bridgehead atoms. The number of aliphatic hydroxyl groups excluding tert-OH is 1. The summed E-state index contributed by atoms with van der Waals surface area (Å²) in [5.74, 6) is 0. The number of aliphatic hydroxyl groups is 1. The second-order valence-corrected chi connectivity index (χ2v) is 4.08. The molecule has 0 spiro atoms.